The highest BCUT2D eigenvalue weighted by Gasteiger charge is 2.04. The van der Waals surface area contributed by atoms with E-state index in [2.05, 4.69) is 33.5 Å². The van der Waals surface area contributed by atoms with Crippen LogP contribution in [0.25, 0.3) is 0 Å². The molecular formula is C12H17N5S. The molecule has 0 saturated heterocycles. The number of hydrogen-bond donors (Lipinski definition) is 1. The second kappa shape index (κ2) is 6.51. The lowest BCUT2D eigenvalue weighted by molar-refractivity contribution is 0.673. The molecule has 96 valence electrons. The van der Waals surface area contributed by atoms with Crippen molar-refractivity contribution in [3.63, 3.8) is 0 Å². The Kier molecular flexibility index (Phi) is 4.72. The number of aryl methyl sites for hydroxylation is 1. The fourth-order valence-corrected chi connectivity index (χ4v) is 2.15. The van der Waals surface area contributed by atoms with E-state index < -0.39 is 0 Å². The number of nitrogens with one attached hydrogen (secondary N) is 1. The predicted molar refractivity (Wildman–Crippen MR) is 71.4 cm³/mol. The zero-order valence-corrected chi connectivity index (χ0v) is 11.4. The van der Waals surface area contributed by atoms with Crippen molar-refractivity contribution < 1.29 is 0 Å². The Hall–Kier alpha value is -1.40. The molecule has 0 fully saturated rings. The predicted octanol–water partition coefficient (Wildman–Crippen LogP) is 1.86. The highest BCUT2D eigenvalue weighted by molar-refractivity contribution is 7.99. The van der Waals surface area contributed by atoms with Gasteiger partial charge < -0.3 is 9.88 Å². The fraction of sp³-hybridized carbons (Fsp3) is 0.417. The van der Waals surface area contributed by atoms with Crippen LogP contribution in [0.1, 0.15) is 18.9 Å². The van der Waals surface area contributed by atoms with Gasteiger partial charge >= 0.3 is 0 Å². The zero-order valence-electron chi connectivity index (χ0n) is 10.6. The van der Waals surface area contributed by atoms with Crippen LogP contribution in [0.2, 0.25) is 0 Å². The normalized spacial score (nSPS) is 10.8. The summed E-state index contributed by atoms with van der Waals surface area (Å²) >= 11 is 1.52. The summed E-state index contributed by atoms with van der Waals surface area (Å²) in [6, 6.07) is 4.11. The molecule has 0 bridgehead atoms. The number of nitrogens with zero attached hydrogens (tertiary/aromatic N) is 4. The molecule has 0 amide bonds. The van der Waals surface area contributed by atoms with Crippen LogP contribution in [0.15, 0.2) is 34.8 Å². The second-order valence-corrected chi connectivity index (χ2v) is 5.00. The van der Waals surface area contributed by atoms with Crippen LogP contribution < -0.4 is 5.32 Å². The molecule has 2 aromatic rings. The Morgan fingerprint density at radius 2 is 2.28 bits per heavy atom. The van der Waals surface area contributed by atoms with Gasteiger partial charge in [-0.1, -0.05) is 13.0 Å². The van der Waals surface area contributed by atoms with Crippen LogP contribution in [0.4, 0.5) is 0 Å². The number of hydrogen-bond acceptors (Lipinski definition) is 5. The number of aromatic nitrogens is 4. The van der Waals surface area contributed by atoms with Gasteiger partial charge in [-0.2, -0.15) is 0 Å². The van der Waals surface area contributed by atoms with E-state index in [1.54, 1.807) is 6.33 Å². The summed E-state index contributed by atoms with van der Waals surface area (Å²) in [5.74, 6) is 0. The number of pyridine rings is 1. The molecule has 0 spiro atoms. The third kappa shape index (κ3) is 3.54. The first-order valence-electron chi connectivity index (χ1n) is 5.97. The molecule has 2 aromatic heterocycles. The molecule has 0 saturated carbocycles. The zero-order chi connectivity index (χ0) is 12.8. The summed E-state index contributed by atoms with van der Waals surface area (Å²) in [7, 11) is 1.92. The Labute approximate surface area is 111 Å². The van der Waals surface area contributed by atoms with Crippen LogP contribution >= 0.6 is 11.8 Å². The molecule has 6 heteroatoms. The largest absolute Gasteiger partial charge is 0.313 e. The van der Waals surface area contributed by atoms with Gasteiger partial charge in [0, 0.05) is 19.8 Å². The third-order valence-electron chi connectivity index (χ3n) is 2.42. The highest BCUT2D eigenvalue weighted by atomic mass is 32.2. The van der Waals surface area contributed by atoms with Crippen molar-refractivity contribution in [1.29, 1.82) is 0 Å². The monoisotopic (exact) mass is 263 g/mol. The molecule has 0 atom stereocenters. The van der Waals surface area contributed by atoms with E-state index in [0.717, 1.165) is 29.7 Å². The molecule has 2 heterocycles. The Morgan fingerprint density at radius 3 is 2.89 bits per heavy atom. The Balaban J connectivity index is 1.93. The van der Waals surface area contributed by atoms with Crippen LogP contribution in [0.5, 0.6) is 0 Å². The van der Waals surface area contributed by atoms with E-state index in [9.17, 15) is 0 Å². The van der Waals surface area contributed by atoms with Gasteiger partial charge in [0.2, 0.25) is 0 Å². The van der Waals surface area contributed by atoms with Crippen molar-refractivity contribution >= 4 is 11.8 Å². The lowest BCUT2D eigenvalue weighted by Gasteiger charge is -2.04. The first-order chi connectivity index (χ1) is 8.79. The van der Waals surface area contributed by atoms with Crippen molar-refractivity contribution in [2.75, 3.05) is 6.54 Å². The van der Waals surface area contributed by atoms with Crippen molar-refractivity contribution in [3.05, 3.63) is 30.2 Å². The summed E-state index contributed by atoms with van der Waals surface area (Å²) < 4.78 is 1.88. The van der Waals surface area contributed by atoms with Crippen molar-refractivity contribution in [1.82, 2.24) is 25.1 Å². The maximum atomic E-state index is 4.42. The van der Waals surface area contributed by atoms with Crippen LogP contribution in [0.3, 0.4) is 0 Å². The molecule has 0 aromatic carbocycles. The topological polar surface area (TPSA) is 55.6 Å². The van der Waals surface area contributed by atoms with Crippen LogP contribution in [-0.4, -0.2) is 26.3 Å². The smallest absolute Gasteiger partial charge is 0.197 e. The Morgan fingerprint density at radius 1 is 1.39 bits per heavy atom. The minimum atomic E-state index is 0.847. The van der Waals surface area contributed by atoms with Gasteiger partial charge in [-0.25, -0.2) is 4.98 Å². The molecule has 0 unspecified atom stereocenters. The molecule has 0 aliphatic rings. The maximum Gasteiger partial charge on any atom is 0.197 e. The fourth-order valence-electron chi connectivity index (χ4n) is 1.44. The van der Waals surface area contributed by atoms with Crippen LogP contribution in [-0.2, 0) is 13.6 Å². The Bertz CT molecular complexity index is 479. The summed E-state index contributed by atoms with van der Waals surface area (Å²) in [4.78, 5) is 4.42. The molecule has 18 heavy (non-hydrogen) atoms. The summed E-state index contributed by atoms with van der Waals surface area (Å²) in [6.45, 7) is 4.07. The van der Waals surface area contributed by atoms with Crippen molar-refractivity contribution in [3.8, 4) is 0 Å². The molecule has 0 aliphatic heterocycles. The second-order valence-electron chi connectivity index (χ2n) is 4.01. The van der Waals surface area contributed by atoms with E-state index in [1.165, 1.54) is 17.3 Å². The molecule has 2 rings (SSSR count). The van der Waals surface area contributed by atoms with Crippen molar-refractivity contribution in [2.45, 2.75) is 30.1 Å². The van der Waals surface area contributed by atoms with E-state index in [4.69, 9.17) is 0 Å². The molecule has 1 N–H and O–H groups in total. The lowest BCUT2D eigenvalue weighted by Crippen LogP contribution is -2.13. The van der Waals surface area contributed by atoms with Gasteiger partial charge in [0.15, 0.2) is 5.16 Å². The summed E-state index contributed by atoms with van der Waals surface area (Å²) in [5, 5.41) is 13.0. The summed E-state index contributed by atoms with van der Waals surface area (Å²) in [6.07, 6.45) is 4.74. The van der Waals surface area contributed by atoms with Gasteiger partial charge in [0.1, 0.15) is 11.4 Å². The van der Waals surface area contributed by atoms with Gasteiger partial charge in [0.25, 0.3) is 0 Å². The maximum absolute atomic E-state index is 4.42. The van der Waals surface area contributed by atoms with Crippen molar-refractivity contribution in [2.24, 2.45) is 7.05 Å². The minimum absolute atomic E-state index is 0.847. The van der Waals surface area contributed by atoms with E-state index in [-0.39, 0.29) is 0 Å². The van der Waals surface area contributed by atoms with E-state index >= 15 is 0 Å². The standard InChI is InChI=1S/C12H17N5S/c1-3-6-13-7-10-4-5-11(14-8-10)18-12-16-15-9-17(12)2/h4-5,8-9,13H,3,6-7H2,1-2H3. The van der Waals surface area contributed by atoms with Gasteiger partial charge in [0.05, 0.1) is 0 Å². The average molecular weight is 263 g/mol. The van der Waals surface area contributed by atoms with E-state index in [1.807, 2.05) is 23.9 Å². The summed E-state index contributed by atoms with van der Waals surface area (Å²) in [5.41, 5.74) is 1.20. The quantitative estimate of drug-likeness (QED) is 0.806. The first-order valence-corrected chi connectivity index (χ1v) is 6.78. The van der Waals surface area contributed by atoms with Crippen LogP contribution in [0, 0.1) is 0 Å². The highest BCUT2D eigenvalue weighted by Crippen LogP contribution is 2.22. The minimum Gasteiger partial charge on any atom is -0.313 e. The van der Waals surface area contributed by atoms with Gasteiger partial charge in [-0.15, -0.1) is 10.2 Å². The van der Waals surface area contributed by atoms with Gasteiger partial charge in [-0.05, 0) is 36.4 Å². The average Bonchev–Trinajstić information content (AvgIpc) is 2.78. The molecule has 0 aliphatic carbocycles. The molecular weight excluding hydrogens is 246 g/mol. The lowest BCUT2D eigenvalue weighted by atomic mass is 10.3. The van der Waals surface area contributed by atoms with E-state index in [0.29, 0.717) is 0 Å². The first kappa shape index (κ1) is 13.0. The van der Waals surface area contributed by atoms with Gasteiger partial charge in [-0.3, -0.25) is 0 Å². The number of rotatable bonds is 6. The SMILES string of the molecule is CCCNCc1ccc(Sc2nncn2C)nc1. The molecule has 0 radical (unpaired) electrons. The molecule has 5 nitrogen and oxygen atoms in total. The third-order valence-corrected chi connectivity index (χ3v) is 3.42.